The summed E-state index contributed by atoms with van der Waals surface area (Å²) < 4.78 is 4.71. The van der Waals surface area contributed by atoms with Gasteiger partial charge in [-0.1, -0.05) is 6.08 Å². The van der Waals surface area contributed by atoms with E-state index in [0.717, 1.165) is 6.42 Å². The molecule has 0 amide bonds. The number of ether oxygens (including phenoxy) is 1. The summed E-state index contributed by atoms with van der Waals surface area (Å²) in [5.41, 5.74) is 16.1. The van der Waals surface area contributed by atoms with Crippen LogP contribution in [0, 0.1) is 0 Å². The molecule has 0 aromatic rings. The van der Waals surface area contributed by atoms with Crippen molar-refractivity contribution in [1.29, 1.82) is 0 Å². The maximum Gasteiger partial charge on any atom is 0.330 e. The zero-order valence-electron chi connectivity index (χ0n) is 10.4. The standard InChI is InChI=1S/C10H20N4O2.2BrH/c1-2-16-9(15)6-5-8(11)4-3-7-14-10(12)13;;/h5-6,8H,2-4,7,11H2,1H3,(H4,12,13,14);2*1H/t8-;;/m0../s1. The van der Waals surface area contributed by atoms with Gasteiger partial charge in [0.15, 0.2) is 5.96 Å². The predicted molar refractivity (Wildman–Crippen MR) is 84.3 cm³/mol. The van der Waals surface area contributed by atoms with E-state index in [1.807, 2.05) is 0 Å². The Kier molecular flexibility index (Phi) is 18.1. The molecule has 0 aliphatic carbocycles. The molecule has 0 bridgehead atoms. The van der Waals surface area contributed by atoms with Crippen LogP contribution in [0.3, 0.4) is 0 Å². The number of aliphatic imine (C=N–C) groups is 1. The Bertz CT molecular complexity index is 269. The van der Waals surface area contributed by atoms with Crippen LogP contribution in [0.2, 0.25) is 0 Å². The summed E-state index contributed by atoms with van der Waals surface area (Å²) in [4.78, 5) is 14.8. The largest absolute Gasteiger partial charge is 0.463 e. The molecule has 0 radical (unpaired) electrons. The summed E-state index contributed by atoms with van der Waals surface area (Å²) in [5, 5.41) is 0. The molecule has 0 rings (SSSR count). The Morgan fingerprint density at radius 1 is 1.39 bits per heavy atom. The van der Waals surface area contributed by atoms with E-state index < -0.39 is 0 Å². The number of nitrogens with two attached hydrogens (primary N) is 3. The fourth-order valence-electron chi connectivity index (χ4n) is 1.02. The number of carbonyl (C=O) groups excluding carboxylic acids is 1. The van der Waals surface area contributed by atoms with Crippen molar-refractivity contribution >= 4 is 45.9 Å². The first-order valence-electron chi connectivity index (χ1n) is 5.22. The van der Waals surface area contributed by atoms with Gasteiger partial charge in [-0.15, -0.1) is 34.0 Å². The second kappa shape index (κ2) is 14.5. The van der Waals surface area contributed by atoms with Gasteiger partial charge in [0, 0.05) is 18.7 Å². The van der Waals surface area contributed by atoms with Gasteiger partial charge in [-0.3, -0.25) is 4.99 Å². The van der Waals surface area contributed by atoms with Crippen LogP contribution >= 0.6 is 34.0 Å². The SMILES string of the molecule is Br.Br.CCOC(=O)C=C[C@@H](N)CCCN=C(N)N. The average Bonchev–Trinajstić information content (AvgIpc) is 2.22. The van der Waals surface area contributed by atoms with Crippen molar-refractivity contribution < 1.29 is 9.53 Å². The molecule has 0 aliphatic rings. The highest BCUT2D eigenvalue weighted by Crippen LogP contribution is 1.97. The number of guanidine groups is 1. The second-order valence-electron chi connectivity index (χ2n) is 3.22. The molecule has 6 nitrogen and oxygen atoms in total. The fourth-order valence-corrected chi connectivity index (χ4v) is 1.02. The van der Waals surface area contributed by atoms with Crippen LogP contribution in [0.25, 0.3) is 0 Å². The first-order valence-corrected chi connectivity index (χ1v) is 5.22. The molecule has 0 fully saturated rings. The Balaban J connectivity index is -0.00000112. The minimum Gasteiger partial charge on any atom is -0.463 e. The van der Waals surface area contributed by atoms with E-state index in [-0.39, 0.29) is 51.9 Å². The smallest absolute Gasteiger partial charge is 0.330 e. The van der Waals surface area contributed by atoms with Gasteiger partial charge in [0.05, 0.1) is 6.61 Å². The lowest BCUT2D eigenvalue weighted by molar-refractivity contribution is -0.137. The zero-order valence-corrected chi connectivity index (χ0v) is 13.8. The Morgan fingerprint density at radius 3 is 2.50 bits per heavy atom. The van der Waals surface area contributed by atoms with E-state index >= 15 is 0 Å². The molecule has 108 valence electrons. The van der Waals surface area contributed by atoms with Crippen molar-refractivity contribution in [2.45, 2.75) is 25.8 Å². The third kappa shape index (κ3) is 15.4. The topological polar surface area (TPSA) is 117 Å². The van der Waals surface area contributed by atoms with Crippen LogP contribution in [0.5, 0.6) is 0 Å². The third-order valence-corrected chi connectivity index (χ3v) is 1.76. The van der Waals surface area contributed by atoms with E-state index in [2.05, 4.69) is 4.99 Å². The zero-order chi connectivity index (χ0) is 12.4. The van der Waals surface area contributed by atoms with Crippen LogP contribution in [-0.2, 0) is 9.53 Å². The third-order valence-electron chi connectivity index (χ3n) is 1.76. The van der Waals surface area contributed by atoms with Gasteiger partial charge in [-0.2, -0.15) is 0 Å². The fraction of sp³-hybridized carbons (Fsp3) is 0.600. The maximum absolute atomic E-state index is 10.9. The number of esters is 1. The molecule has 0 heterocycles. The lowest BCUT2D eigenvalue weighted by Gasteiger charge is -2.04. The molecular weight excluding hydrogens is 368 g/mol. The molecule has 1 atom stereocenters. The first kappa shape index (κ1) is 22.6. The molecule has 6 N–H and O–H groups in total. The van der Waals surface area contributed by atoms with E-state index in [0.29, 0.717) is 19.6 Å². The van der Waals surface area contributed by atoms with Crippen LogP contribution < -0.4 is 17.2 Å². The summed E-state index contributed by atoms with van der Waals surface area (Å²) >= 11 is 0. The quantitative estimate of drug-likeness (QED) is 0.194. The molecule has 18 heavy (non-hydrogen) atoms. The number of rotatable bonds is 7. The Morgan fingerprint density at radius 2 is 2.00 bits per heavy atom. The minimum absolute atomic E-state index is 0. The number of halogens is 2. The number of carbonyl (C=O) groups is 1. The van der Waals surface area contributed by atoms with Crippen molar-refractivity contribution in [2.24, 2.45) is 22.2 Å². The highest BCUT2D eigenvalue weighted by molar-refractivity contribution is 8.93. The Labute approximate surface area is 129 Å². The van der Waals surface area contributed by atoms with Crippen LogP contribution in [-0.4, -0.2) is 31.1 Å². The average molecular weight is 390 g/mol. The van der Waals surface area contributed by atoms with E-state index in [1.165, 1.54) is 6.08 Å². The van der Waals surface area contributed by atoms with Gasteiger partial charge < -0.3 is 21.9 Å². The number of hydrogen-bond acceptors (Lipinski definition) is 4. The summed E-state index contributed by atoms with van der Waals surface area (Å²) in [6.07, 6.45) is 4.45. The van der Waals surface area contributed by atoms with Crippen molar-refractivity contribution in [1.82, 2.24) is 0 Å². The molecule has 0 aromatic heterocycles. The summed E-state index contributed by atoms with van der Waals surface area (Å²) in [6.45, 7) is 2.66. The van der Waals surface area contributed by atoms with Crippen molar-refractivity contribution in [3.63, 3.8) is 0 Å². The lowest BCUT2D eigenvalue weighted by atomic mass is 10.1. The second-order valence-corrected chi connectivity index (χ2v) is 3.22. The molecule has 0 unspecified atom stereocenters. The van der Waals surface area contributed by atoms with Gasteiger partial charge >= 0.3 is 5.97 Å². The number of nitrogens with zero attached hydrogens (tertiary/aromatic N) is 1. The molecule has 0 saturated heterocycles. The van der Waals surface area contributed by atoms with Crippen molar-refractivity contribution in [2.75, 3.05) is 13.2 Å². The predicted octanol–water partition coefficient (Wildman–Crippen LogP) is 0.642. The van der Waals surface area contributed by atoms with Gasteiger partial charge in [0.2, 0.25) is 0 Å². The van der Waals surface area contributed by atoms with Crippen molar-refractivity contribution in [3.05, 3.63) is 12.2 Å². The van der Waals surface area contributed by atoms with Gasteiger partial charge in [0.25, 0.3) is 0 Å². The molecule has 0 spiro atoms. The summed E-state index contributed by atoms with van der Waals surface area (Å²) in [5.74, 6) is -0.294. The molecule has 8 heteroatoms. The monoisotopic (exact) mass is 388 g/mol. The van der Waals surface area contributed by atoms with Gasteiger partial charge in [0.1, 0.15) is 0 Å². The Hall–Kier alpha value is -0.600. The van der Waals surface area contributed by atoms with E-state index in [4.69, 9.17) is 21.9 Å². The van der Waals surface area contributed by atoms with Crippen LogP contribution in [0.15, 0.2) is 17.1 Å². The minimum atomic E-state index is -0.373. The molecule has 0 aliphatic heterocycles. The van der Waals surface area contributed by atoms with Gasteiger partial charge in [-0.05, 0) is 19.8 Å². The molecule has 0 saturated carbocycles. The van der Waals surface area contributed by atoms with Crippen LogP contribution in [0.4, 0.5) is 0 Å². The van der Waals surface area contributed by atoms with E-state index in [9.17, 15) is 4.79 Å². The summed E-state index contributed by atoms with van der Waals surface area (Å²) in [7, 11) is 0. The first-order chi connectivity index (χ1) is 7.56. The van der Waals surface area contributed by atoms with Gasteiger partial charge in [-0.25, -0.2) is 4.79 Å². The number of hydrogen-bond donors (Lipinski definition) is 3. The molecule has 0 aromatic carbocycles. The summed E-state index contributed by atoms with van der Waals surface area (Å²) in [6, 6.07) is -0.182. The van der Waals surface area contributed by atoms with Crippen molar-refractivity contribution in [3.8, 4) is 0 Å². The van der Waals surface area contributed by atoms with Crippen LogP contribution in [0.1, 0.15) is 19.8 Å². The highest BCUT2D eigenvalue weighted by atomic mass is 79.9. The normalized spacial score (nSPS) is 11.0. The lowest BCUT2D eigenvalue weighted by Crippen LogP contribution is -2.23. The van der Waals surface area contributed by atoms with E-state index in [1.54, 1.807) is 13.0 Å². The maximum atomic E-state index is 10.9. The highest BCUT2D eigenvalue weighted by Gasteiger charge is 1.99. The molecular formula is C10H22Br2N4O2.